The van der Waals surface area contributed by atoms with Crippen LogP contribution in [0.2, 0.25) is 0 Å². The molecule has 0 aliphatic heterocycles. The first kappa shape index (κ1) is 15.4. The molecule has 0 aromatic heterocycles. The molecule has 114 valence electrons. The lowest BCUT2D eigenvalue weighted by atomic mass is 10.2. The highest BCUT2D eigenvalue weighted by Gasteiger charge is 2.12. The standard InChI is InChI=1S/C16H16N2O4/c1-21-13-7-8-14(15(9-13)22-2)16(20)18-17-10-11-3-5-12(19)6-4-11/h3-10,19H,1-2H3,(H,18,20)/b17-10-. The maximum Gasteiger partial charge on any atom is 0.275 e. The number of hydrazone groups is 1. The van der Waals surface area contributed by atoms with Gasteiger partial charge >= 0.3 is 0 Å². The van der Waals surface area contributed by atoms with Crippen LogP contribution in [-0.2, 0) is 0 Å². The number of rotatable bonds is 5. The zero-order valence-electron chi connectivity index (χ0n) is 12.2. The average Bonchev–Trinajstić information content (AvgIpc) is 2.55. The van der Waals surface area contributed by atoms with Crippen molar-refractivity contribution < 1.29 is 19.4 Å². The zero-order chi connectivity index (χ0) is 15.9. The number of phenolic OH excluding ortho intramolecular Hbond substituents is 1. The quantitative estimate of drug-likeness (QED) is 0.655. The maximum atomic E-state index is 12.1. The molecule has 0 radical (unpaired) electrons. The highest BCUT2D eigenvalue weighted by molar-refractivity contribution is 5.97. The minimum absolute atomic E-state index is 0.171. The van der Waals surface area contributed by atoms with Gasteiger partial charge < -0.3 is 14.6 Å². The lowest BCUT2D eigenvalue weighted by Crippen LogP contribution is -2.18. The largest absolute Gasteiger partial charge is 0.508 e. The minimum Gasteiger partial charge on any atom is -0.508 e. The zero-order valence-corrected chi connectivity index (χ0v) is 12.2. The summed E-state index contributed by atoms with van der Waals surface area (Å²) >= 11 is 0. The van der Waals surface area contributed by atoms with Crippen molar-refractivity contribution in [1.82, 2.24) is 5.43 Å². The number of nitrogens with one attached hydrogen (secondary N) is 1. The topological polar surface area (TPSA) is 80.2 Å². The Labute approximate surface area is 128 Å². The lowest BCUT2D eigenvalue weighted by molar-refractivity contribution is 0.0952. The molecule has 2 N–H and O–H groups in total. The van der Waals surface area contributed by atoms with Crippen LogP contribution in [0.15, 0.2) is 47.6 Å². The number of phenols is 1. The van der Waals surface area contributed by atoms with Crippen molar-refractivity contribution >= 4 is 12.1 Å². The van der Waals surface area contributed by atoms with Gasteiger partial charge in [0, 0.05) is 6.07 Å². The van der Waals surface area contributed by atoms with Gasteiger partial charge in [-0.1, -0.05) is 0 Å². The number of ether oxygens (including phenoxy) is 2. The molecule has 0 fully saturated rings. The van der Waals surface area contributed by atoms with Gasteiger partial charge in [0.05, 0.1) is 26.0 Å². The van der Waals surface area contributed by atoms with Crippen LogP contribution in [0, 0.1) is 0 Å². The number of aromatic hydroxyl groups is 1. The van der Waals surface area contributed by atoms with Crippen molar-refractivity contribution in [2.45, 2.75) is 0 Å². The van der Waals surface area contributed by atoms with Gasteiger partial charge in [-0.05, 0) is 42.0 Å². The van der Waals surface area contributed by atoms with Crippen molar-refractivity contribution in [2.24, 2.45) is 5.10 Å². The molecule has 2 aromatic rings. The number of nitrogens with zero attached hydrogens (tertiary/aromatic N) is 1. The van der Waals surface area contributed by atoms with Crippen LogP contribution >= 0.6 is 0 Å². The minimum atomic E-state index is -0.394. The summed E-state index contributed by atoms with van der Waals surface area (Å²) in [5.41, 5.74) is 3.52. The van der Waals surface area contributed by atoms with Gasteiger partial charge in [0.1, 0.15) is 17.2 Å². The Morgan fingerprint density at radius 1 is 1.14 bits per heavy atom. The number of benzene rings is 2. The molecule has 2 aromatic carbocycles. The second kappa shape index (κ2) is 7.12. The normalized spacial score (nSPS) is 10.5. The summed E-state index contributed by atoms with van der Waals surface area (Å²) in [7, 11) is 3.02. The first-order chi connectivity index (χ1) is 10.6. The van der Waals surface area contributed by atoms with Gasteiger partial charge in [0.2, 0.25) is 0 Å². The predicted octanol–water partition coefficient (Wildman–Crippen LogP) is 2.17. The Balaban J connectivity index is 2.07. The molecule has 0 spiro atoms. The van der Waals surface area contributed by atoms with Crippen molar-refractivity contribution in [3.8, 4) is 17.2 Å². The molecule has 6 heteroatoms. The first-order valence-corrected chi connectivity index (χ1v) is 6.48. The molecule has 0 aliphatic rings. The number of amides is 1. The number of hydrogen-bond acceptors (Lipinski definition) is 5. The number of carbonyl (C=O) groups is 1. The summed E-state index contributed by atoms with van der Waals surface area (Å²) in [4.78, 5) is 12.1. The first-order valence-electron chi connectivity index (χ1n) is 6.48. The SMILES string of the molecule is COc1ccc(C(=O)N/N=C\c2ccc(O)cc2)c(OC)c1. The lowest BCUT2D eigenvalue weighted by Gasteiger charge is -2.08. The van der Waals surface area contributed by atoms with E-state index in [9.17, 15) is 9.90 Å². The summed E-state index contributed by atoms with van der Waals surface area (Å²) in [5.74, 6) is 0.774. The Morgan fingerprint density at radius 2 is 1.86 bits per heavy atom. The highest BCUT2D eigenvalue weighted by Crippen LogP contribution is 2.24. The van der Waals surface area contributed by atoms with Crippen LogP contribution < -0.4 is 14.9 Å². The molecule has 0 saturated heterocycles. The van der Waals surface area contributed by atoms with Crippen LogP contribution in [0.4, 0.5) is 0 Å². The van der Waals surface area contributed by atoms with E-state index >= 15 is 0 Å². The van der Waals surface area contributed by atoms with Crippen LogP contribution in [-0.4, -0.2) is 31.4 Å². The van der Waals surface area contributed by atoms with Crippen molar-refractivity contribution in [2.75, 3.05) is 14.2 Å². The molecular weight excluding hydrogens is 284 g/mol. The smallest absolute Gasteiger partial charge is 0.275 e. The van der Waals surface area contributed by atoms with Crippen molar-refractivity contribution in [1.29, 1.82) is 0 Å². The van der Waals surface area contributed by atoms with Crippen LogP contribution in [0.3, 0.4) is 0 Å². The van der Waals surface area contributed by atoms with E-state index in [2.05, 4.69) is 10.5 Å². The molecule has 1 amide bonds. The Kier molecular flexibility index (Phi) is 4.98. The second-order valence-corrected chi connectivity index (χ2v) is 4.36. The second-order valence-electron chi connectivity index (χ2n) is 4.36. The Bertz CT molecular complexity index is 681. The van der Waals surface area contributed by atoms with E-state index in [1.807, 2.05) is 0 Å². The molecule has 22 heavy (non-hydrogen) atoms. The van der Waals surface area contributed by atoms with E-state index in [4.69, 9.17) is 9.47 Å². The molecule has 0 unspecified atom stereocenters. The molecule has 0 bridgehead atoms. The molecule has 0 aliphatic carbocycles. The fourth-order valence-corrected chi connectivity index (χ4v) is 1.77. The van der Waals surface area contributed by atoms with E-state index in [0.29, 0.717) is 17.1 Å². The Morgan fingerprint density at radius 3 is 2.50 bits per heavy atom. The van der Waals surface area contributed by atoms with E-state index in [1.54, 1.807) is 30.3 Å². The summed E-state index contributed by atoms with van der Waals surface area (Å²) in [6.07, 6.45) is 1.48. The molecule has 0 saturated carbocycles. The maximum absolute atomic E-state index is 12.1. The molecule has 2 rings (SSSR count). The fraction of sp³-hybridized carbons (Fsp3) is 0.125. The van der Waals surface area contributed by atoms with Gasteiger partial charge in [0.25, 0.3) is 5.91 Å². The molecule has 6 nitrogen and oxygen atoms in total. The number of carbonyl (C=O) groups excluding carboxylic acids is 1. The molecular formula is C16H16N2O4. The van der Waals surface area contributed by atoms with Crippen molar-refractivity contribution in [3.05, 3.63) is 53.6 Å². The Hall–Kier alpha value is -3.02. The third kappa shape index (κ3) is 3.76. The monoisotopic (exact) mass is 300 g/mol. The van der Waals surface area contributed by atoms with Gasteiger partial charge in [-0.15, -0.1) is 0 Å². The predicted molar refractivity (Wildman–Crippen MR) is 82.7 cm³/mol. The van der Waals surface area contributed by atoms with Gasteiger partial charge in [0.15, 0.2) is 0 Å². The molecule has 0 atom stereocenters. The van der Waals surface area contributed by atoms with Crippen LogP contribution in [0.25, 0.3) is 0 Å². The fourth-order valence-electron chi connectivity index (χ4n) is 1.77. The highest BCUT2D eigenvalue weighted by atomic mass is 16.5. The van der Waals surface area contributed by atoms with Crippen LogP contribution in [0.1, 0.15) is 15.9 Å². The average molecular weight is 300 g/mol. The van der Waals surface area contributed by atoms with Gasteiger partial charge in [-0.3, -0.25) is 4.79 Å². The summed E-state index contributed by atoms with van der Waals surface area (Å²) in [6, 6.07) is 11.3. The summed E-state index contributed by atoms with van der Waals surface area (Å²) in [5, 5.41) is 13.1. The van der Waals surface area contributed by atoms with Gasteiger partial charge in [-0.25, -0.2) is 5.43 Å². The number of methoxy groups -OCH3 is 2. The van der Waals surface area contributed by atoms with E-state index in [1.165, 1.54) is 32.6 Å². The van der Waals surface area contributed by atoms with Crippen molar-refractivity contribution in [3.63, 3.8) is 0 Å². The summed E-state index contributed by atoms with van der Waals surface area (Å²) < 4.78 is 10.2. The van der Waals surface area contributed by atoms with E-state index in [0.717, 1.165) is 5.56 Å². The third-order valence-electron chi connectivity index (χ3n) is 2.93. The van der Waals surface area contributed by atoms with E-state index < -0.39 is 5.91 Å². The summed E-state index contributed by atoms with van der Waals surface area (Å²) in [6.45, 7) is 0. The molecule has 0 heterocycles. The van der Waals surface area contributed by atoms with Crippen LogP contribution in [0.5, 0.6) is 17.2 Å². The third-order valence-corrected chi connectivity index (χ3v) is 2.93. The van der Waals surface area contributed by atoms with Gasteiger partial charge in [-0.2, -0.15) is 5.10 Å². The van der Waals surface area contributed by atoms with E-state index in [-0.39, 0.29) is 5.75 Å². The number of hydrogen-bond donors (Lipinski definition) is 2.